The summed E-state index contributed by atoms with van der Waals surface area (Å²) >= 11 is 0. The molecule has 0 aliphatic rings. The van der Waals surface area contributed by atoms with Crippen LogP contribution in [-0.4, -0.2) is 14.4 Å². The topological polar surface area (TPSA) is 68.2 Å². The summed E-state index contributed by atoms with van der Waals surface area (Å²) < 4.78 is 1.86. The summed E-state index contributed by atoms with van der Waals surface area (Å²) in [7, 11) is 0. The van der Waals surface area contributed by atoms with Gasteiger partial charge in [0.05, 0.1) is 6.20 Å². The van der Waals surface area contributed by atoms with Crippen LogP contribution in [0.2, 0.25) is 0 Å². The van der Waals surface area contributed by atoms with E-state index in [0.717, 1.165) is 5.65 Å². The Morgan fingerprint density at radius 3 is 3.11 bits per heavy atom. The molecule has 2 aromatic heterocycles. The van der Waals surface area contributed by atoms with Crippen molar-refractivity contribution in [3.05, 3.63) is 54.0 Å². The van der Waals surface area contributed by atoms with Crippen molar-refractivity contribution in [2.75, 3.05) is 11.1 Å². The number of aromatic nitrogens is 3. The van der Waals surface area contributed by atoms with Gasteiger partial charge in [-0.3, -0.25) is 0 Å². The number of fused-ring (bicyclic) bond motifs is 1. The van der Waals surface area contributed by atoms with Gasteiger partial charge in [0.1, 0.15) is 5.82 Å². The molecule has 3 N–H and O–H groups in total. The molecule has 0 bridgehead atoms. The molecule has 5 nitrogen and oxygen atoms in total. The van der Waals surface area contributed by atoms with E-state index >= 15 is 0 Å². The second-order valence-corrected chi connectivity index (χ2v) is 4.52. The molecule has 0 saturated carbocycles. The summed E-state index contributed by atoms with van der Waals surface area (Å²) in [5.41, 5.74) is 9.00. The number of rotatable bonds is 3. The van der Waals surface area contributed by atoms with Gasteiger partial charge in [-0.15, -0.1) is 0 Å². The Balaban J connectivity index is 1.87. The number of imidazole rings is 1. The van der Waals surface area contributed by atoms with E-state index in [1.807, 2.05) is 16.7 Å². The Bertz CT molecular complexity index is 717. The van der Waals surface area contributed by atoms with Crippen molar-refractivity contribution in [3.63, 3.8) is 0 Å². The quantitative estimate of drug-likeness (QED) is 0.751. The first-order valence-corrected chi connectivity index (χ1v) is 6.11. The van der Waals surface area contributed by atoms with Crippen LogP contribution >= 0.6 is 0 Å². The number of nitrogens with zero attached hydrogens (tertiary/aromatic N) is 3. The number of hydrogen-bond donors (Lipinski definition) is 2. The van der Waals surface area contributed by atoms with Crippen LogP contribution in [0, 0.1) is 6.92 Å². The Hall–Kier alpha value is -2.56. The normalized spacial score (nSPS) is 10.8. The predicted molar refractivity (Wildman–Crippen MR) is 75.9 cm³/mol. The molecule has 0 atom stereocenters. The van der Waals surface area contributed by atoms with Crippen LogP contribution in [0.25, 0.3) is 5.65 Å². The second kappa shape index (κ2) is 4.61. The van der Waals surface area contributed by atoms with Crippen molar-refractivity contribution >= 4 is 17.3 Å². The molecule has 0 spiro atoms. The smallest absolute Gasteiger partial charge is 0.180 e. The third-order valence-electron chi connectivity index (χ3n) is 2.94. The Labute approximate surface area is 111 Å². The third-order valence-corrected chi connectivity index (χ3v) is 2.94. The summed E-state index contributed by atoms with van der Waals surface area (Å²) in [5, 5.41) is 3.28. The number of hydrogen-bond acceptors (Lipinski definition) is 4. The van der Waals surface area contributed by atoms with Crippen molar-refractivity contribution < 1.29 is 0 Å². The highest BCUT2D eigenvalue weighted by Crippen LogP contribution is 2.15. The lowest BCUT2D eigenvalue weighted by molar-refractivity contribution is 1.07. The molecule has 0 unspecified atom stereocenters. The van der Waals surface area contributed by atoms with Crippen molar-refractivity contribution in [1.29, 1.82) is 0 Å². The van der Waals surface area contributed by atoms with Gasteiger partial charge in [0.25, 0.3) is 0 Å². The Morgan fingerprint density at radius 2 is 2.26 bits per heavy atom. The summed E-state index contributed by atoms with van der Waals surface area (Å²) in [4.78, 5) is 8.57. The van der Waals surface area contributed by atoms with E-state index < -0.39 is 0 Å². The molecule has 2 heterocycles. The van der Waals surface area contributed by atoms with Crippen LogP contribution in [0.4, 0.5) is 11.6 Å². The average Bonchev–Trinajstić information content (AvgIpc) is 2.84. The van der Waals surface area contributed by atoms with Crippen molar-refractivity contribution in [2.24, 2.45) is 0 Å². The lowest BCUT2D eigenvalue weighted by atomic mass is 10.1. The highest BCUT2D eigenvalue weighted by atomic mass is 15.1. The zero-order valence-electron chi connectivity index (χ0n) is 10.7. The molecule has 0 aliphatic carbocycles. The first-order chi connectivity index (χ1) is 9.22. The Morgan fingerprint density at radius 1 is 1.37 bits per heavy atom. The minimum atomic E-state index is 0.470. The minimum absolute atomic E-state index is 0.470. The van der Waals surface area contributed by atoms with Gasteiger partial charge in [0.15, 0.2) is 11.5 Å². The molecule has 5 heteroatoms. The highest BCUT2D eigenvalue weighted by Gasteiger charge is 2.05. The molecule has 0 fully saturated rings. The molecule has 0 aliphatic heterocycles. The fourth-order valence-electron chi connectivity index (χ4n) is 2.08. The second-order valence-electron chi connectivity index (χ2n) is 4.52. The van der Waals surface area contributed by atoms with Gasteiger partial charge < -0.3 is 15.5 Å². The first-order valence-electron chi connectivity index (χ1n) is 6.11. The summed E-state index contributed by atoms with van der Waals surface area (Å²) in [6, 6.07) is 8.34. The lowest BCUT2D eigenvalue weighted by Crippen LogP contribution is -2.06. The maximum Gasteiger partial charge on any atom is 0.180 e. The summed E-state index contributed by atoms with van der Waals surface area (Å²) in [6.45, 7) is 2.77. The van der Waals surface area contributed by atoms with Gasteiger partial charge in [-0.2, -0.15) is 0 Å². The molecule has 0 radical (unpaired) electrons. The fraction of sp³-hybridized carbons (Fsp3) is 0.143. The molecule has 0 saturated heterocycles. The van der Waals surface area contributed by atoms with E-state index in [9.17, 15) is 0 Å². The largest absolute Gasteiger partial charge is 0.382 e. The molecule has 19 heavy (non-hydrogen) atoms. The molecule has 1 aromatic carbocycles. The SMILES string of the molecule is Cc1cccc(CNc2nc(N)cn3ccnc23)c1. The Kier molecular flexibility index (Phi) is 2.79. The zero-order chi connectivity index (χ0) is 13.2. The number of nitrogens with two attached hydrogens (primary N) is 1. The maximum atomic E-state index is 5.78. The molecular formula is C14H15N5. The monoisotopic (exact) mass is 253 g/mol. The number of anilines is 2. The minimum Gasteiger partial charge on any atom is -0.382 e. The summed E-state index contributed by atoms with van der Waals surface area (Å²) in [5.74, 6) is 1.17. The van der Waals surface area contributed by atoms with Gasteiger partial charge in [0.2, 0.25) is 0 Å². The van der Waals surface area contributed by atoms with Crippen LogP contribution in [-0.2, 0) is 6.54 Å². The van der Waals surface area contributed by atoms with E-state index in [1.165, 1.54) is 11.1 Å². The van der Waals surface area contributed by atoms with Crippen LogP contribution in [0.15, 0.2) is 42.9 Å². The van der Waals surface area contributed by atoms with Crippen LogP contribution in [0.1, 0.15) is 11.1 Å². The third kappa shape index (κ3) is 2.35. The van der Waals surface area contributed by atoms with Gasteiger partial charge in [-0.25, -0.2) is 9.97 Å². The van der Waals surface area contributed by atoms with Gasteiger partial charge >= 0.3 is 0 Å². The number of nitrogen functional groups attached to an aromatic ring is 1. The van der Waals surface area contributed by atoms with E-state index in [1.54, 1.807) is 12.4 Å². The van der Waals surface area contributed by atoms with E-state index in [2.05, 4.69) is 40.4 Å². The molecular weight excluding hydrogens is 238 g/mol. The van der Waals surface area contributed by atoms with Crippen LogP contribution < -0.4 is 11.1 Å². The standard InChI is InChI=1S/C14H15N5/c1-10-3-2-4-11(7-10)8-17-13-14-16-5-6-19(14)9-12(15)18-13/h2-7,9H,8,15H2,1H3,(H,17,18). The first kappa shape index (κ1) is 11.5. The van der Waals surface area contributed by atoms with E-state index in [-0.39, 0.29) is 0 Å². The maximum absolute atomic E-state index is 5.78. The van der Waals surface area contributed by atoms with Gasteiger partial charge in [-0.05, 0) is 12.5 Å². The van der Waals surface area contributed by atoms with E-state index in [4.69, 9.17) is 5.73 Å². The molecule has 96 valence electrons. The summed E-state index contributed by atoms with van der Waals surface area (Å²) in [6.07, 6.45) is 5.33. The van der Waals surface area contributed by atoms with Crippen LogP contribution in [0.3, 0.4) is 0 Å². The molecule has 3 rings (SSSR count). The van der Waals surface area contributed by atoms with Crippen molar-refractivity contribution in [1.82, 2.24) is 14.4 Å². The fourth-order valence-corrected chi connectivity index (χ4v) is 2.08. The zero-order valence-corrected chi connectivity index (χ0v) is 10.7. The number of aryl methyl sites for hydroxylation is 1. The van der Waals surface area contributed by atoms with Crippen molar-refractivity contribution in [2.45, 2.75) is 13.5 Å². The molecule has 3 aromatic rings. The number of nitrogens with one attached hydrogen (secondary N) is 1. The highest BCUT2D eigenvalue weighted by molar-refractivity contribution is 5.64. The number of benzene rings is 1. The van der Waals surface area contributed by atoms with E-state index in [0.29, 0.717) is 18.2 Å². The van der Waals surface area contributed by atoms with Crippen LogP contribution in [0.5, 0.6) is 0 Å². The van der Waals surface area contributed by atoms with Gasteiger partial charge in [-0.1, -0.05) is 29.8 Å². The predicted octanol–water partition coefficient (Wildman–Crippen LogP) is 2.23. The lowest BCUT2D eigenvalue weighted by Gasteiger charge is -2.08. The molecule has 0 amide bonds. The average molecular weight is 253 g/mol. The van der Waals surface area contributed by atoms with Gasteiger partial charge in [0, 0.05) is 18.9 Å². The van der Waals surface area contributed by atoms with Crippen molar-refractivity contribution in [3.8, 4) is 0 Å².